The van der Waals surface area contributed by atoms with E-state index in [2.05, 4.69) is 242 Å². The van der Waals surface area contributed by atoms with Crippen LogP contribution in [-0.2, 0) is 10.8 Å². The van der Waals surface area contributed by atoms with Crippen LogP contribution in [0.25, 0.3) is 45.6 Å². The molecule has 1 heteroatoms. The Balaban J connectivity index is 0.922. The quantitative estimate of drug-likeness (QED) is 0.168. The van der Waals surface area contributed by atoms with E-state index in [9.17, 15) is 0 Å². The van der Waals surface area contributed by atoms with Crippen molar-refractivity contribution in [1.82, 2.24) is 0 Å². The Labute approximate surface area is 356 Å². The highest BCUT2D eigenvalue weighted by Crippen LogP contribution is 2.64. The fraction of sp³-hybridized carbons (Fsp3) is 0.0333. The molecule has 0 fully saturated rings. The number of anilines is 3. The molecule has 0 aromatic heterocycles. The van der Waals surface area contributed by atoms with Crippen molar-refractivity contribution >= 4 is 40.4 Å². The lowest BCUT2D eigenvalue weighted by molar-refractivity contribution is 0.842. The van der Waals surface area contributed by atoms with Gasteiger partial charge in [0.15, 0.2) is 0 Å². The van der Waals surface area contributed by atoms with E-state index >= 15 is 0 Å². The van der Waals surface area contributed by atoms with Gasteiger partial charge in [-0.3, -0.25) is 0 Å². The minimum absolute atomic E-state index is 0.382. The van der Waals surface area contributed by atoms with Crippen LogP contribution in [0.5, 0.6) is 0 Å². The predicted octanol–water partition coefficient (Wildman–Crippen LogP) is 14.9. The number of hydrogen-bond donors (Lipinski definition) is 0. The van der Waals surface area contributed by atoms with Gasteiger partial charge in [-0.2, -0.15) is 0 Å². The molecule has 0 atom stereocenters. The van der Waals surface area contributed by atoms with Crippen LogP contribution < -0.4 is 4.90 Å². The number of benzene rings is 9. The van der Waals surface area contributed by atoms with Gasteiger partial charge in [-0.25, -0.2) is 0 Å². The zero-order valence-corrected chi connectivity index (χ0v) is 33.5. The topological polar surface area (TPSA) is 3.24 Å². The molecular formula is C60H39N. The molecule has 0 N–H and O–H groups in total. The van der Waals surface area contributed by atoms with Gasteiger partial charge in [-0.05, 0) is 138 Å². The zero-order valence-electron chi connectivity index (χ0n) is 33.5. The average Bonchev–Trinajstić information content (AvgIpc) is 4.05. The molecule has 2 spiro atoms. The van der Waals surface area contributed by atoms with Gasteiger partial charge in [0.05, 0.1) is 10.8 Å². The Morgan fingerprint density at radius 1 is 0.246 bits per heavy atom. The maximum Gasteiger partial charge on any atom is 0.0725 e. The summed E-state index contributed by atoms with van der Waals surface area (Å²) in [6.07, 6.45) is 4.86. The van der Waals surface area contributed by atoms with Crippen molar-refractivity contribution in [2.45, 2.75) is 10.8 Å². The third-order valence-electron chi connectivity index (χ3n) is 13.9. The summed E-state index contributed by atoms with van der Waals surface area (Å²) in [6.45, 7) is 0. The molecule has 0 saturated heterocycles. The first kappa shape index (κ1) is 34.2. The summed E-state index contributed by atoms with van der Waals surface area (Å²) in [7, 11) is 0. The first-order chi connectivity index (χ1) is 30.3. The Hall–Kier alpha value is -7.74. The molecule has 13 rings (SSSR count). The highest BCUT2D eigenvalue weighted by Gasteiger charge is 2.52. The second kappa shape index (κ2) is 12.9. The third kappa shape index (κ3) is 4.55. The van der Waals surface area contributed by atoms with Crippen LogP contribution in [0.2, 0.25) is 0 Å². The lowest BCUT2D eigenvalue weighted by Gasteiger charge is -2.33. The van der Waals surface area contributed by atoms with E-state index in [0.29, 0.717) is 0 Å². The molecule has 61 heavy (non-hydrogen) atoms. The van der Waals surface area contributed by atoms with E-state index in [4.69, 9.17) is 0 Å². The summed E-state index contributed by atoms with van der Waals surface area (Å²) in [5.74, 6) is 0. The summed E-state index contributed by atoms with van der Waals surface area (Å²) in [5, 5.41) is 0. The molecule has 284 valence electrons. The summed E-state index contributed by atoms with van der Waals surface area (Å²) in [4.78, 5) is 2.38. The Bertz CT molecular complexity index is 3000. The highest BCUT2D eigenvalue weighted by atomic mass is 15.1. The summed E-state index contributed by atoms with van der Waals surface area (Å²) >= 11 is 0. The van der Waals surface area contributed by atoms with Crippen LogP contribution in [0.4, 0.5) is 17.1 Å². The van der Waals surface area contributed by atoms with Crippen LogP contribution in [0.15, 0.2) is 224 Å². The number of nitrogens with zero attached hydrogens (tertiary/aromatic N) is 1. The Morgan fingerprint density at radius 2 is 0.541 bits per heavy atom. The van der Waals surface area contributed by atoms with Crippen molar-refractivity contribution in [1.29, 1.82) is 0 Å². The minimum Gasteiger partial charge on any atom is -0.311 e. The van der Waals surface area contributed by atoms with Gasteiger partial charge in [0.25, 0.3) is 0 Å². The maximum absolute atomic E-state index is 2.43. The van der Waals surface area contributed by atoms with Crippen LogP contribution in [-0.4, -0.2) is 0 Å². The van der Waals surface area contributed by atoms with Gasteiger partial charge < -0.3 is 4.90 Å². The van der Waals surface area contributed by atoms with Crippen molar-refractivity contribution in [3.63, 3.8) is 0 Å². The minimum atomic E-state index is -0.382. The smallest absolute Gasteiger partial charge is 0.0725 e. The van der Waals surface area contributed by atoms with Gasteiger partial charge in [-0.1, -0.05) is 188 Å². The number of hydrogen-bond acceptors (Lipinski definition) is 1. The number of rotatable bonds is 5. The molecule has 4 aliphatic carbocycles. The van der Waals surface area contributed by atoms with E-state index in [1.807, 2.05) is 0 Å². The van der Waals surface area contributed by atoms with Gasteiger partial charge in [0, 0.05) is 17.1 Å². The molecule has 0 unspecified atom stereocenters. The number of allylic oxidation sites excluding steroid dienone is 2. The fourth-order valence-electron chi connectivity index (χ4n) is 11.6. The second-order valence-corrected chi connectivity index (χ2v) is 16.7. The van der Waals surface area contributed by atoms with Gasteiger partial charge in [0.1, 0.15) is 0 Å². The second-order valence-electron chi connectivity index (χ2n) is 16.7. The van der Waals surface area contributed by atoms with E-state index in [0.717, 1.165) is 17.1 Å². The molecule has 9 aromatic carbocycles. The fourth-order valence-corrected chi connectivity index (χ4v) is 11.6. The van der Waals surface area contributed by atoms with Crippen LogP contribution in [0, 0.1) is 0 Å². The lowest BCUT2D eigenvalue weighted by Crippen LogP contribution is -2.26. The first-order valence-corrected chi connectivity index (χ1v) is 21.3. The zero-order chi connectivity index (χ0) is 40.1. The lowest BCUT2D eigenvalue weighted by atomic mass is 9.68. The first-order valence-electron chi connectivity index (χ1n) is 21.3. The van der Waals surface area contributed by atoms with Gasteiger partial charge in [-0.15, -0.1) is 0 Å². The summed E-state index contributed by atoms with van der Waals surface area (Å²) in [6, 6.07) is 83.3. The van der Waals surface area contributed by atoms with Crippen LogP contribution in [0.3, 0.4) is 0 Å². The van der Waals surface area contributed by atoms with Crippen molar-refractivity contribution in [3.05, 3.63) is 280 Å². The Kier molecular flexibility index (Phi) is 7.21. The standard InChI is InChI=1S/C60H39N/c1-2-18-44(19-3-1)61(45-34-30-40(31-35-45)57-38-42-16-4-10-24-51(42)59(57)53-26-12-6-20-47(53)48-21-7-13-27-54(48)59)46-36-32-41(33-37-46)58-39-43-17-5-11-25-52(43)60(58)55-28-14-8-22-49(55)50-23-9-15-29-56(50)60/h1-39H. The van der Waals surface area contributed by atoms with Crippen molar-refractivity contribution in [2.75, 3.05) is 4.90 Å². The van der Waals surface area contributed by atoms with Crippen LogP contribution >= 0.6 is 0 Å². The summed E-state index contributed by atoms with van der Waals surface area (Å²) in [5.41, 5.74) is 23.7. The van der Waals surface area contributed by atoms with E-state index in [1.165, 1.54) is 89.0 Å². The predicted molar refractivity (Wildman–Crippen MR) is 253 cm³/mol. The number of fused-ring (bicyclic) bond motifs is 14. The largest absolute Gasteiger partial charge is 0.311 e. The third-order valence-corrected chi connectivity index (χ3v) is 13.9. The molecule has 0 aliphatic heterocycles. The molecule has 1 nitrogen and oxygen atoms in total. The van der Waals surface area contributed by atoms with E-state index < -0.39 is 0 Å². The Morgan fingerprint density at radius 3 is 0.918 bits per heavy atom. The SMILES string of the molecule is C1=C(c2ccc(N(c3ccccc3)c3ccc(C4=Cc5ccccc5C45c4ccccc4-c4ccccc45)cc3)cc2)C2(c3ccccc31)c1ccccc1-c1ccccc12. The molecule has 0 bridgehead atoms. The van der Waals surface area contributed by atoms with Crippen LogP contribution in [0.1, 0.15) is 55.6 Å². The molecular weight excluding hydrogens is 735 g/mol. The van der Waals surface area contributed by atoms with Gasteiger partial charge in [0.2, 0.25) is 0 Å². The maximum atomic E-state index is 2.43. The molecule has 0 saturated carbocycles. The molecule has 0 radical (unpaired) electrons. The number of para-hydroxylation sites is 1. The van der Waals surface area contributed by atoms with Crippen molar-refractivity contribution in [2.24, 2.45) is 0 Å². The molecule has 0 amide bonds. The normalized spacial score (nSPS) is 15.0. The molecule has 4 aliphatic rings. The van der Waals surface area contributed by atoms with Crippen molar-refractivity contribution in [3.8, 4) is 22.3 Å². The summed E-state index contributed by atoms with van der Waals surface area (Å²) < 4.78 is 0. The monoisotopic (exact) mass is 773 g/mol. The van der Waals surface area contributed by atoms with Crippen molar-refractivity contribution < 1.29 is 0 Å². The van der Waals surface area contributed by atoms with Gasteiger partial charge >= 0.3 is 0 Å². The van der Waals surface area contributed by atoms with E-state index in [-0.39, 0.29) is 10.8 Å². The average molecular weight is 774 g/mol. The van der Waals surface area contributed by atoms with E-state index in [1.54, 1.807) is 0 Å². The highest BCUT2D eigenvalue weighted by molar-refractivity contribution is 6.07. The molecule has 0 heterocycles. The molecule has 9 aromatic rings.